The highest BCUT2D eigenvalue weighted by atomic mass is 35.5. The van der Waals surface area contributed by atoms with Gasteiger partial charge in [0.05, 0.1) is 6.61 Å². The lowest BCUT2D eigenvalue weighted by Crippen LogP contribution is -1.97. The third-order valence-corrected chi connectivity index (χ3v) is 7.92. The van der Waals surface area contributed by atoms with E-state index in [1.165, 1.54) is 89.0 Å². The molecule has 0 aliphatic carbocycles. The van der Waals surface area contributed by atoms with E-state index in [0.29, 0.717) is 5.56 Å². The molecular formula is C24H42ClO3P. The van der Waals surface area contributed by atoms with Gasteiger partial charge in [0.2, 0.25) is 0 Å². The largest absolute Gasteiger partial charge is 0.350 e. The van der Waals surface area contributed by atoms with Gasteiger partial charge in [-0.05, 0) is 30.9 Å². The van der Waals surface area contributed by atoms with E-state index in [1.54, 1.807) is 6.92 Å². The van der Waals surface area contributed by atoms with Crippen molar-refractivity contribution < 1.29 is 14.0 Å². The molecule has 1 rings (SSSR count). The summed E-state index contributed by atoms with van der Waals surface area (Å²) in [6.07, 6.45) is 18.8. The summed E-state index contributed by atoms with van der Waals surface area (Å²) in [6, 6.07) is 7.71. The van der Waals surface area contributed by atoms with Gasteiger partial charge in [-0.3, -0.25) is 4.57 Å². The predicted octanol–water partition coefficient (Wildman–Crippen LogP) is 8.78. The smallest absolute Gasteiger partial charge is 0.323 e. The van der Waals surface area contributed by atoms with Crippen LogP contribution in [0.4, 0.5) is 0 Å². The van der Waals surface area contributed by atoms with Crippen LogP contribution in [0.15, 0.2) is 24.3 Å². The SMILES string of the molecule is CCCCCCCCCCCCCCCc1ccc(C(Cl)P(=O)(O)OCC)cc1. The van der Waals surface area contributed by atoms with E-state index in [1.807, 2.05) is 24.3 Å². The predicted molar refractivity (Wildman–Crippen MR) is 126 cm³/mol. The first-order valence-corrected chi connectivity index (χ1v) is 13.8. The van der Waals surface area contributed by atoms with Crippen LogP contribution in [-0.2, 0) is 15.5 Å². The van der Waals surface area contributed by atoms with Crippen molar-refractivity contribution in [2.75, 3.05) is 6.61 Å². The van der Waals surface area contributed by atoms with Gasteiger partial charge in [0.15, 0.2) is 5.12 Å². The van der Waals surface area contributed by atoms with E-state index in [0.717, 1.165) is 6.42 Å². The Bertz CT molecular complexity index is 562. The Kier molecular flexibility index (Phi) is 15.1. The molecular weight excluding hydrogens is 403 g/mol. The monoisotopic (exact) mass is 444 g/mol. The van der Waals surface area contributed by atoms with Gasteiger partial charge in [-0.25, -0.2) is 0 Å². The minimum Gasteiger partial charge on any atom is -0.323 e. The third-order valence-electron chi connectivity index (χ3n) is 5.42. The second-order valence-corrected chi connectivity index (χ2v) is 10.7. The Labute approximate surface area is 184 Å². The maximum Gasteiger partial charge on any atom is 0.350 e. The summed E-state index contributed by atoms with van der Waals surface area (Å²) in [6.45, 7) is 4.13. The zero-order valence-corrected chi connectivity index (χ0v) is 20.2. The lowest BCUT2D eigenvalue weighted by Gasteiger charge is -2.17. The molecule has 0 aromatic heterocycles. The summed E-state index contributed by atoms with van der Waals surface area (Å²) in [5.74, 6) is 0. The highest BCUT2D eigenvalue weighted by Crippen LogP contribution is 2.58. The Hall–Kier alpha value is -0.340. The maximum absolute atomic E-state index is 12.0. The third kappa shape index (κ3) is 12.2. The molecule has 2 unspecified atom stereocenters. The van der Waals surface area contributed by atoms with Crippen LogP contribution in [0.5, 0.6) is 0 Å². The van der Waals surface area contributed by atoms with E-state index < -0.39 is 12.7 Å². The molecule has 0 saturated carbocycles. The number of hydrogen-bond acceptors (Lipinski definition) is 2. The van der Waals surface area contributed by atoms with E-state index in [2.05, 4.69) is 6.92 Å². The van der Waals surface area contributed by atoms with Gasteiger partial charge in [0, 0.05) is 0 Å². The molecule has 2 atom stereocenters. The zero-order chi connectivity index (χ0) is 21.4. The van der Waals surface area contributed by atoms with Gasteiger partial charge in [0.1, 0.15) is 0 Å². The summed E-state index contributed by atoms with van der Waals surface area (Å²) in [5.41, 5.74) is 1.89. The molecule has 1 aromatic rings. The van der Waals surface area contributed by atoms with Gasteiger partial charge < -0.3 is 9.42 Å². The molecule has 1 aromatic carbocycles. The van der Waals surface area contributed by atoms with Crippen molar-refractivity contribution >= 4 is 19.2 Å². The van der Waals surface area contributed by atoms with Gasteiger partial charge >= 0.3 is 7.60 Å². The van der Waals surface area contributed by atoms with Crippen LogP contribution < -0.4 is 0 Å². The number of benzene rings is 1. The first-order chi connectivity index (χ1) is 14.0. The fourth-order valence-corrected chi connectivity index (χ4v) is 4.99. The maximum atomic E-state index is 12.0. The molecule has 29 heavy (non-hydrogen) atoms. The number of rotatable bonds is 18. The van der Waals surface area contributed by atoms with Gasteiger partial charge in [-0.2, -0.15) is 0 Å². The fourth-order valence-electron chi connectivity index (χ4n) is 3.63. The van der Waals surface area contributed by atoms with Crippen molar-refractivity contribution in [1.29, 1.82) is 0 Å². The quantitative estimate of drug-likeness (QED) is 0.140. The molecule has 0 fully saturated rings. The fraction of sp³-hybridized carbons (Fsp3) is 0.750. The Balaban J connectivity index is 2.07. The topological polar surface area (TPSA) is 46.5 Å². The normalized spacial score (nSPS) is 14.6. The van der Waals surface area contributed by atoms with Gasteiger partial charge in [-0.15, -0.1) is 11.6 Å². The zero-order valence-electron chi connectivity index (χ0n) is 18.6. The second-order valence-electron chi connectivity index (χ2n) is 8.05. The molecule has 0 amide bonds. The second kappa shape index (κ2) is 16.4. The average molecular weight is 445 g/mol. The molecule has 0 aliphatic rings. The highest BCUT2D eigenvalue weighted by molar-refractivity contribution is 7.55. The Morgan fingerprint density at radius 1 is 0.828 bits per heavy atom. The molecule has 0 saturated heterocycles. The van der Waals surface area contributed by atoms with Crippen LogP contribution in [0, 0.1) is 0 Å². The Morgan fingerprint density at radius 2 is 1.28 bits per heavy atom. The minimum absolute atomic E-state index is 0.175. The Morgan fingerprint density at radius 3 is 1.72 bits per heavy atom. The van der Waals surface area contributed by atoms with Crippen molar-refractivity contribution in [2.24, 2.45) is 0 Å². The van der Waals surface area contributed by atoms with Crippen LogP contribution in [0.3, 0.4) is 0 Å². The summed E-state index contributed by atoms with van der Waals surface area (Å²) >= 11 is 6.13. The van der Waals surface area contributed by atoms with Crippen LogP contribution in [-0.4, -0.2) is 11.5 Å². The van der Waals surface area contributed by atoms with Crippen LogP contribution in [0.1, 0.15) is 114 Å². The summed E-state index contributed by atoms with van der Waals surface area (Å²) in [4.78, 5) is 9.84. The van der Waals surface area contributed by atoms with Crippen LogP contribution >= 0.6 is 19.2 Å². The van der Waals surface area contributed by atoms with Crippen LogP contribution in [0.2, 0.25) is 0 Å². The number of alkyl halides is 1. The number of aryl methyl sites for hydroxylation is 1. The first kappa shape index (κ1) is 26.7. The number of halogens is 1. The van der Waals surface area contributed by atoms with E-state index in [-0.39, 0.29) is 6.61 Å². The van der Waals surface area contributed by atoms with Crippen molar-refractivity contribution in [3.8, 4) is 0 Å². The van der Waals surface area contributed by atoms with Crippen LogP contribution in [0.25, 0.3) is 0 Å². The molecule has 0 spiro atoms. The summed E-state index contributed by atoms with van der Waals surface area (Å²) < 4.78 is 16.9. The first-order valence-electron chi connectivity index (χ1n) is 11.7. The molecule has 0 bridgehead atoms. The van der Waals surface area contributed by atoms with Crippen molar-refractivity contribution in [3.63, 3.8) is 0 Å². The van der Waals surface area contributed by atoms with E-state index in [4.69, 9.17) is 16.1 Å². The lowest BCUT2D eigenvalue weighted by atomic mass is 10.0. The lowest BCUT2D eigenvalue weighted by molar-refractivity contribution is 0.271. The van der Waals surface area contributed by atoms with Gasteiger partial charge in [-0.1, -0.05) is 108 Å². The molecule has 0 radical (unpaired) electrons. The number of unbranched alkanes of at least 4 members (excludes halogenated alkanes) is 12. The highest BCUT2D eigenvalue weighted by Gasteiger charge is 2.31. The average Bonchev–Trinajstić information content (AvgIpc) is 2.71. The van der Waals surface area contributed by atoms with Crippen molar-refractivity contribution in [1.82, 2.24) is 0 Å². The molecule has 0 aliphatic heterocycles. The van der Waals surface area contributed by atoms with Crippen molar-refractivity contribution in [3.05, 3.63) is 35.4 Å². The number of hydrogen-bond donors (Lipinski definition) is 1. The molecule has 0 heterocycles. The minimum atomic E-state index is -3.81. The standard InChI is InChI=1S/C24H42ClO3P/c1-3-5-6-7-8-9-10-11-12-13-14-15-16-17-22-18-20-23(21-19-22)24(25)29(26,27)28-4-2/h18-21,24H,3-17H2,1-2H3,(H,26,27). The van der Waals surface area contributed by atoms with Crippen molar-refractivity contribution in [2.45, 2.75) is 109 Å². The summed E-state index contributed by atoms with van der Waals surface area (Å²) in [7, 11) is -3.81. The summed E-state index contributed by atoms with van der Waals surface area (Å²) in [5, 5.41) is -1.01. The molecule has 3 nitrogen and oxygen atoms in total. The molecule has 168 valence electrons. The van der Waals surface area contributed by atoms with E-state index in [9.17, 15) is 9.46 Å². The molecule has 1 N–H and O–H groups in total. The van der Waals surface area contributed by atoms with E-state index >= 15 is 0 Å². The molecule has 5 heteroatoms. The van der Waals surface area contributed by atoms with Gasteiger partial charge in [0.25, 0.3) is 0 Å².